The highest BCUT2D eigenvalue weighted by atomic mass is 16.6. The third-order valence-corrected chi connectivity index (χ3v) is 2.58. The second-order valence-corrected chi connectivity index (χ2v) is 4.06. The molecule has 6 nitrogen and oxygen atoms in total. The van der Waals surface area contributed by atoms with Crippen LogP contribution in [0.1, 0.15) is 31.1 Å². The Kier molecular flexibility index (Phi) is 7.01. The van der Waals surface area contributed by atoms with Gasteiger partial charge in [0.2, 0.25) is 5.91 Å². The van der Waals surface area contributed by atoms with Crippen molar-refractivity contribution < 1.29 is 24.2 Å². The summed E-state index contributed by atoms with van der Waals surface area (Å²) in [6, 6.07) is 12.6. The summed E-state index contributed by atoms with van der Waals surface area (Å²) in [5, 5.41) is 8.35. The number of aliphatic hydroxyl groups is 1. The van der Waals surface area contributed by atoms with Gasteiger partial charge in [-0.15, -0.1) is 0 Å². The van der Waals surface area contributed by atoms with E-state index in [0.717, 1.165) is 6.29 Å². The monoisotopic (exact) mass is 301 g/mol. The van der Waals surface area contributed by atoms with Crippen molar-refractivity contribution in [2.24, 2.45) is 5.73 Å². The number of aliphatic hydroxyl groups excluding tert-OH is 1. The van der Waals surface area contributed by atoms with E-state index in [9.17, 15) is 14.4 Å². The van der Waals surface area contributed by atoms with Gasteiger partial charge in [-0.1, -0.05) is 12.1 Å². The van der Waals surface area contributed by atoms with E-state index in [0.29, 0.717) is 28.7 Å². The fraction of sp³-hybridized carbons (Fsp3) is 0.0625. The number of ether oxygens (including phenoxy) is 1. The van der Waals surface area contributed by atoms with Crippen LogP contribution < -0.4 is 10.5 Å². The molecule has 114 valence electrons. The highest BCUT2D eigenvalue weighted by Gasteiger charge is 1.97. The molecular formula is C16H15NO5. The maximum atomic E-state index is 10.5. The minimum Gasteiger partial charge on any atom is -0.468 e. The molecule has 22 heavy (non-hydrogen) atoms. The Morgan fingerprint density at radius 2 is 1.41 bits per heavy atom. The fourth-order valence-corrected chi connectivity index (χ4v) is 1.44. The molecule has 0 fully saturated rings. The van der Waals surface area contributed by atoms with Crippen LogP contribution in [0.15, 0.2) is 48.5 Å². The molecule has 0 aliphatic rings. The van der Waals surface area contributed by atoms with Crippen LogP contribution in [0.25, 0.3) is 0 Å². The highest BCUT2D eigenvalue weighted by molar-refractivity contribution is 5.93. The van der Waals surface area contributed by atoms with Gasteiger partial charge in [-0.25, -0.2) is 0 Å². The number of carbonyl (C=O) groups excluding carboxylic acids is 3. The van der Waals surface area contributed by atoms with Gasteiger partial charge in [-0.05, 0) is 36.4 Å². The standard InChI is InChI=1S/C8H7NO2.C8H8O3/c9-8(11)7-3-1-6(5-10)2-4-7;9-5-7-1-3-8(4-2-7)11-6-10/h1-5H,(H2,9,11);1-5,10H,6H2. The molecular weight excluding hydrogens is 286 g/mol. The minimum atomic E-state index is -0.484. The zero-order valence-electron chi connectivity index (χ0n) is 11.6. The van der Waals surface area contributed by atoms with Crippen molar-refractivity contribution in [2.75, 3.05) is 6.79 Å². The van der Waals surface area contributed by atoms with Gasteiger partial charge in [0, 0.05) is 16.7 Å². The number of amides is 1. The van der Waals surface area contributed by atoms with E-state index in [1.165, 1.54) is 12.1 Å². The zero-order valence-corrected chi connectivity index (χ0v) is 11.6. The van der Waals surface area contributed by atoms with Gasteiger partial charge >= 0.3 is 0 Å². The smallest absolute Gasteiger partial charge is 0.248 e. The van der Waals surface area contributed by atoms with Crippen LogP contribution >= 0.6 is 0 Å². The molecule has 1 amide bonds. The molecule has 2 rings (SSSR count). The molecule has 0 atom stereocenters. The third kappa shape index (κ3) is 5.56. The number of aldehydes is 2. The number of rotatable bonds is 5. The Morgan fingerprint density at radius 1 is 0.955 bits per heavy atom. The van der Waals surface area contributed by atoms with Crippen LogP contribution in [0.2, 0.25) is 0 Å². The second kappa shape index (κ2) is 9.04. The number of hydrogen-bond donors (Lipinski definition) is 2. The van der Waals surface area contributed by atoms with Crippen molar-refractivity contribution >= 4 is 18.5 Å². The van der Waals surface area contributed by atoms with E-state index < -0.39 is 5.91 Å². The molecule has 0 radical (unpaired) electrons. The normalized spacial score (nSPS) is 9.14. The molecule has 0 unspecified atom stereocenters. The lowest BCUT2D eigenvalue weighted by molar-refractivity contribution is 0.0983. The van der Waals surface area contributed by atoms with E-state index in [2.05, 4.69) is 0 Å². The summed E-state index contributed by atoms with van der Waals surface area (Å²) in [7, 11) is 0. The topological polar surface area (TPSA) is 107 Å². The summed E-state index contributed by atoms with van der Waals surface area (Å²) in [6.07, 6.45) is 1.47. The van der Waals surface area contributed by atoms with Crippen LogP contribution in [0.3, 0.4) is 0 Å². The number of benzene rings is 2. The molecule has 0 aliphatic carbocycles. The Labute approximate surface area is 127 Å². The Morgan fingerprint density at radius 3 is 1.77 bits per heavy atom. The fourth-order valence-electron chi connectivity index (χ4n) is 1.44. The molecule has 0 saturated carbocycles. The van der Waals surface area contributed by atoms with Crippen molar-refractivity contribution in [3.63, 3.8) is 0 Å². The molecule has 2 aromatic rings. The molecule has 2 aromatic carbocycles. The number of nitrogens with two attached hydrogens (primary N) is 1. The minimum absolute atomic E-state index is 0.347. The molecule has 3 N–H and O–H groups in total. The molecule has 0 heterocycles. The van der Waals surface area contributed by atoms with E-state index >= 15 is 0 Å². The molecule has 6 heteroatoms. The van der Waals surface area contributed by atoms with Crippen molar-refractivity contribution in [1.29, 1.82) is 0 Å². The van der Waals surface area contributed by atoms with Gasteiger partial charge in [0.05, 0.1) is 0 Å². The third-order valence-electron chi connectivity index (χ3n) is 2.58. The van der Waals surface area contributed by atoms with Crippen LogP contribution in [-0.2, 0) is 0 Å². The summed E-state index contributed by atoms with van der Waals surface area (Å²) in [6.45, 7) is -0.347. The van der Waals surface area contributed by atoms with Gasteiger partial charge in [-0.2, -0.15) is 0 Å². The van der Waals surface area contributed by atoms with E-state index in [4.69, 9.17) is 15.6 Å². The lowest BCUT2D eigenvalue weighted by Crippen LogP contribution is -2.10. The maximum Gasteiger partial charge on any atom is 0.248 e. The van der Waals surface area contributed by atoms with Crippen LogP contribution in [0.5, 0.6) is 5.75 Å². The summed E-state index contributed by atoms with van der Waals surface area (Å²) >= 11 is 0. The Balaban J connectivity index is 0.000000220. The number of primary amides is 1. The second-order valence-electron chi connectivity index (χ2n) is 4.06. The van der Waals surface area contributed by atoms with E-state index in [1.54, 1.807) is 36.4 Å². The van der Waals surface area contributed by atoms with E-state index in [-0.39, 0.29) is 6.79 Å². The maximum absolute atomic E-state index is 10.5. The molecule has 0 aliphatic heterocycles. The van der Waals surface area contributed by atoms with Gasteiger partial charge < -0.3 is 15.6 Å². The van der Waals surface area contributed by atoms with Crippen molar-refractivity contribution in [3.8, 4) is 5.75 Å². The first-order valence-electron chi connectivity index (χ1n) is 6.24. The van der Waals surface area contributed by atoms with Crippen molar-refractivity contribution in [1.82, 2.24) is 0 Å². The van der Waals surface area contributed by atoms with Gasteiger partial charge in [0.1, 0.15) is 18.3 Å². The quantitative estimate of drug-likeness (QED) is 0.641. The highest BCUT2D eigenvalue weighted by Crippen LogP contribution is 2.10. The van der Waals surface area contributed by atoms with Crippen molar-refractivity contribution in [2.45, 2.75) is 0 Å². The summed E-state index contributed by atoms with van der Waals surface area (Å²) in [5.74, 6) is 0.0700. The summed E-state index contributed by atoms with van der Waals surface area (Å²) in [5.41, 5.74) is 6.52. The number of carbonyl (C=O) groups is 3. The molecule has 0 saturated heterocycles. The first-order chi connectivity index (χ1) is 10.6. The van der Waals surface area contributed by atoms with Gasteiger partial charge in [0.15, 0.2) is 6.79 Å². The molecule has 0 spiro atoms. The lowest BCUT2D eigenvalue weighted by Gasteiger charge is -2.00. The molecule has 0 bridgehead atoms. The average molecular weight is 301 g/mol. The average Bonchev–Trinajstić information content (AvgIpc) is 2.56. The number of hydrogen-bond acceptors (Lipinski definition) is 5. The van der Waals surface area contributed by atoms with Gasteiger partial charge in [0.25, 0.3) is 0 Å². The lowest BCUT2D eigenvalue weighted by atomic mass is 10.1. The summed E-state index contributed by atoms with van der Waals surface area (Å²) in [4.78, 5) is 30.9. The van der Waals surface area contributed by atoms with Gasteiger partial charge in [-0.3, -0.25) is 14.4 Å². The van der Waals surface area contributed by atoms with Crippen molar-refractivity contribution in [3.05, 3.63) is 65.2 Å². The SMILES string of the molecule is NC(=O)c1ccc(C=O)cc1.O=Cc1ccc(OCO)cc1. The van der Waals surface area contributed by atoms with Crippen LogP contribution in [-0.4, -0.2) is 30.4 Å². The predicted octanol–water partition coefficient (Wildman–Crippen LogP) is 1.43. The zero-order chi connectivity index (χ0) is 16.4. The largest absolute Gasteiger partial charge is 0.468 e. The predicted molar refractivity (Wildman–Crippen MR) is 79.9 cm³/mol. The van der Waals surface area contributed by atoms with E-state index in [1.807, 2.05) is 0 Å². The summed E-state index contributed by atoms with van der Waals surface area (Å²) < 4.78 is 4.74. The first-order valence-corrected chi connectivity index (χ1v) is 6.24. The Bertz CT molecular complexity index is 620. The molecule has 0 aromatic heterocycles. The van der Waals surface area contributed by atoms with Crippen LogP contribution in [0, 0.1) is 0 Å². The first kappa shape index (κ1) is 17.1. The Hall–Kier alpha value is -2.99. The van der Waals surface area contributed by atoms with Crippen LogP contribution in [0.4, 0.5) is 0 Å².